The van der Waals surface area contributed by atoms with E-state index in [1.807, 2.05) is 24.3 Å². The number of nitrogens with one attached hydrogen (secondary N) is 1. The highest BCUT2D eigenvalue weighted by molar-refractivity contribution is 7.84. The summed E-state index contributed by atoms with van der Waals surface area (Å²) in [5.41, 5.74) is 1.69. The monoisotopic (exact) mass is 345 g/mol. The molecule has 24 heavy (non-hydrogen) atoms. The first kappa shape index (κ1) is 15.8. The Morgan fingerprint density at radius 1 is 1.12 bits per heavy atom. The molecule has 3 nitrogen and oxygen atoms in total. The summed E-state index contributed by atoms with van der Waals surface area (Å²) in [5, 5.41) is 3.39. The summed E-state index contributed by atoms with van der Waals surface area (Å²) in [5.74, 6) is 2.72. The van der Waals surface area contributed by atoms with Crippen LogP contribution in [-0.4, -0.2) is 30.2 Å². The number of fused-ring (bicyclic) bond motifs is 1. The topological polar surface area (TPSA) is 38.3 Å². The highest BCUT2D eigenvalue weighted by Crippen LogP contribution is 2.48. The van der Waals surface area contributed by atoms with Gasteiger partial charge in [-0.15, -0.1) is 0 Å². The second-order valence-electron chi connectivity index (χ2n) is 6.58. The molecule has 126 valence electrons. The van der Waals surface area contributed by atoms with E-state index in [1.54, 1.807) is 12.1 Å². The second-order valence-corrected chi connectivity index (χ2v) is 7.93. The van der Waals surface area contributed by atoms with Crippen molar-refractivity contribution in [1.29, 1.82) is 0 Å². The Labute approximate surface area is 143 Å². The largest absolute Gasteiger partial charge is 0.493 e. The normalized spacial score (nSPS) is 26.0. The lowest BCUT2D eigenvalue weighted by Gasteiger charge is -2.09. The van der Waals surface area contributed by atoms with E-state index >= 15 is 0 Å². The van der Waals surface area contributed by atoms with Crippen LogP contribution in [0, 0.1) is 23.6 Å². The molecule has 1 saturated heterocycles. The van der Waals surface area contributed by atoms with Crippen LogP contribution < -0.4 is 10.1 Å². The van der Waals surface area contributed by atoms with Gasteiger partial charge in [-0.3, -0.25) is 4.21 Å². The second kappa shape index (κ2) is 6.30. The molecule has 2 aromatic carbocycles. The third kappa shape index (κ3) is 2.98. The van der Waals surface area contributed by atoms with Gasteiger partial charge in [-0.2, -0.15) is 0 Å². The van der Waals surface area contributed by atoms with E-state index < -0.39 is 16.6 Å². The van der Waals surface area contributed by atoms with E-state index in [-0.39, 0.29) is 4.90 Å². The van der Waals surface area contributed by atoms with Crippen LogP contribution in [0.2, 0.25) is 0 Å². The van der Waals surface area contributed by atoms with Crippen LogP contribution in [0.3, 0.4) is 0 Å². The van der Waals surface area contributed by atoms with E-state index in [0.717, 1.165) is 48.4 Å². The molecule has 0 amide bonds. The number of halogens is 1. The van der Waals surface area contributed by atoms with E-state index in [4.69, 9.17) is 4.74 Å². The summed E-state index contributed by atoms with van der Waals surface area (Å²) in [4.78, 5) is 0.239. The molecule has 1 aliphatic heterocycles. The van der Waals surface area contributed by atoms with Gasteiger partial charge in [-0.1, -0.05) is 18.2 Å². The van der Waals surface area contributed by atoms with E-state index in [0.29, 0.717) is 5.92 Å². The highest BCUT2D eigenvalue weighted by Gasteiger charge is 2.52. The molecule has 1 N–H and O–H groups in total. The fraction of sp³-hybridized carbons (Fsp3) is 0.368. The van der Waals surface area contributed by atoms with Gasteiger partial charge >= 0.3 is 0 Å². The fourth-order valence-electron chi connectivity index (χ4n) is 3.64. The third-order valence-electron chi connectivity index (χ3n) is 5.14. The van der Waals surface area contributed by atoms with Crippen molar-refractivity contribution in [2.75, 3.05) is 26.0 Å². The van der Waals surface area contributed by atoms with Crippen molar-refractivity contribution in [2.24, 2.45) is 17.8 Å². The molecule has 0 aromatic heterocycles. The molecule has 4 rings (SSSR count). The zero-order chi connectivity index (χ0) is 16.7. The molecule has 2 aliphatic rings. The quantitative estimate of drug-likeness (QED) is 0.905. The molecule has 1 saturated carbocycles. The van der Waals surface area contributed by atoms with Crippen molar-refractivity contribution in [3.05, 3.63) is 48.3 Å². The lowest BCUT2D eigenvalue weighted by atomic mass is 10.1. The van der Waals surface area contributed by atoms with Crippen LogP contribution in [0.5, 0.6) is 5.75 Å². The average Bonchev–Trinajstić information content (AvgIpc) is 3.00. The maximum Gasteiger partial charge on any atom is 0.139 e. The first-order chi connectivity index (χ1) is 11.6. The highest BCUT2D eigenvalue weighted by atomic mass is 32.2. The Bertz CT molecular complexity index is 767. The lowest BCUT2D eigenvalue weighted by Crippen LogP contribution is -2.17. The third-order valence-corrected chi connectivity index (χ3v) is 6.09. The van der Waals surface area contributed by atoms with Crippen molar-refractivity contribution in [3.8, 4) is 16.9 Å². The van der Waals surface area contributed by atoms with Gasteiger partial charge in [0.1, 0.15) is 11.6 Å². The number of benzene rings is 2. The van der Waals surface area contributed by atoms with Gasteiger partial charge in [0.05, 0.1) is 22.3 Å². The van der Waals surface area contributed by atoms with Crippen molar-refractivity contribution < 1.29 is 13.3 Å². The van der Waals surface area contributed by atoms with E-state index in [1.165, 1.54) is 12.3 Å². The summed E-state index contributed by atoms with van der Waals surface area (Å²) in [6, 6.07) is 12.5. The van der Waals surface area contributed by atoms with Gasteiger partial charge < -0.3 is 10.1 Å². The molecule has 2 fully saturated rings. The van der Waals surface area contributed by atoms with Crippen molar-refractivity contribution in [2.45, 2.75) is 4.90 Å². The molecule has 0 radical (unpaired) electrons. The minimum Gasteiger partial charge on any atom is -0.493 e. The van der Waals surface area contributed by atoms with Crippen LogP contribution in [0.25, 0.3) is 11.1 Å². The number of piperidine rings is 1. The summed E-state index contributed by atoms with van der Waals surface area (Å²) >= 11 is 0. The van der Waals surface area contributed by atoms with Crippen molar-refractivity contribution in [3.63, 3.8) is 0 Å². The van der Waals surface area contributed by atoms with Gasteiger partial charge in [0.15, 0.2) is 0 Å². The molecule has 0 bridgehead atoms. The van der Waals surface area contributed by atoms with Crippen LogP contribution in [-0.2, 0) is 10.8 Å². The SMILES string of the molecule is CS(=O)c1ccc(-c2ccc(OCC3C4CNCC43)cc2)cc1F. The Kier molecular flexibility index (Phi) is 4.14. The molecule has 2 aromatic rings. The summed E-state index contributed by atoms with van der Waals surface area (Å²) in [6.07, 6.45) is 1.48. The molecule has 0 spiro atoms. The maximum absolute atomic E-state index is 14.0. The Morgan fingerprint density at radius 2 is 1.79 bits per heavy atom. The van der Waals surface area contributed by atoms with Crippen LogP contribution in [0.1, 0.15) is 0 Å². The molecule has 3 unspecified atom stereocenters. The molecular weight excluding hydrogens is 325 g/mol. The first-order valence-corrected chi connectivity index (χ1v) is 9.76. The van der Waals surface area contributed by atoms with Gasteiger partial charge in [-0.25, -0.2) is 4.39 Å². The van der Waals surface area contributed by atoms with Gasteiger partial charge in [0, 0.05) is 12.2 Å². The summed E-state index contributed by atoms with van der Waals surface area (Å²) in [7, 11) is -1.31. The number of hydrogen-bond donors (Lipinski definition) is 1. The van der Waals surface area contributed by atoms with Crippen LogP contribution in [0.15, 0.2) is 47.4 Å². The zero-order valence-corrected chi connectivity index (χ0v) is 14.3. The predicted molar refractivity (Wildman–Crippen MR) is 93.0 cm³/mol. The average molecular weight is 345 g/mol. The van der Waals surface area contributed by atoms with Gasteiger partial charge in [0.25, 0.3) is 0 Å². The van der Waals surface area contributed by atoms with Gasteiger partial charge in [-0.05, 0) is 60.3 Å². The van der Waals surface area contributed by atoms with Gasteiger partial charge in [0.2, 0.25) is 0 Å². The Hall–Kier alpha value is -1.72. The van der Waals surface area contributed by atoms with Crippen LogP contribution in [0.4, 0.5) is 4.39 Å². The molecule has 3 atom stereocenters. The van der Waals surface area contributed by atoms with E-state index in [2.05, 4.69) is 5.32 Å². The van der Waals surface area contributed by atoms with Crippen molar-refractivity contribution in [1.82, 2.24) is 5.32 Å². The first-order valence-electron chi connectivity index (χ1n) is 8.20. The molecular formula is C19H20FNO2S. The number of ether oxygens (including phenoxy) is 1. The lowest BCUT2D eigenvalue weighted by molar-refractivity contribution is 0.280. The van der Waals surface area contributed by atoms with Crippen molar-refractivity contribution >= 4 is 10.8 Å². The smallest absolute Gasteiger partial charge is 0.139 e. The number of rotatable bonds is 5. The minimum absolute atomic E-state index is 0.239. The standard InChI is InChI=1S/C19H20FNO2S/c1-24(22)19-7-4-13(8-18(19)20)12-2-5-14(6-3-12)23-11-17-15-9-21-10-16(15)17/h2-8,15-17,21H,9-11H2,1H3. The molecule has 1 heterocycles. The number of hydrogen-bond acceptors (Lipinski definition) is 3. The maximum atomic E-state index is 14.0. The van der Waals surface area contributed by atoms with E-state index in [9.17, 15) is 8.60 Å². The summed E-state index contributed by atoms with van der Waals surface area (Å²) in [6.45, 7) is 3.03. The Morgan fingerprint density at radius 3 is 2.42 bits per heavy atom. The van der Waals surface area contributed by atoms with Crippen LogP contribution >= 0.6 is 0 Å². The minimum atomic E-state index is -1.31. The fourth-order valence-corrected chi connectivity index (χ4v) is 4.24. The predicted octanol–water partition coefficient (Wildman–Crippen LogP) is 3.07. The Balaban J connectivity index is 1.42. The molecule has 1 aliphatic carbocycles. The summed E-state index contributed by atoms with van der Waals surface area (Å²) < 4.78 is 31.3. The molecule has 5 heteroatoms. The zero-order valence-electron chi connectivity index (χ0n) is 13.5.